The molecule has 2 aromatic rings. The highest BCUT2D eigenvalue weighted by atomic mass is 19.1. The van der Waals surface area contributed by atoms with Crippen LogP contribution in [0.1, 0.15) is 12.5 Å². The molecule has 0 saturated carbocycles. The van der Waals surface area contributed by atoms with E-state index in [0.29, 0.717) is 11.5 Å². The number of hydrogen-bond acceptors (Lipinski definition) is 3. The van der Waals surface area contributed by atoms with Gasteiger partial charge in [-0.05, 0) is 25.5 Å². The first-order chi connectivity index (χ1) is 8.69. The van der Waals surface area contributed by atoms with Crippen LogP contribution in [0.15, 0.2) is 36.7 Å². The number of aromatic nitrogens is 1. The molecule has 0 bridgehead atoms. The maximum absolute atomic E-state index is 13.1. The van der Waals surface area contributed by atoms with Gasteiger partial charge in [0.15, 0.2) is 0 Å². The van der Waals surface area contributed by atoms with Crippen LogP contribution in [0.25, 0.3) is 0 Å². The summed E-state index contributed by atoms with van der Waals surface area (Å²) >= 11 is 0. The predicted molar refractivity (Wildman–Crippen MR) is 69.6 cm³/mol. The maximum atomic E-state index is 13.1. The predicted octanol–water partition coefficient (Wildman–Crippen LogP) is 3.75. The van der Waals surface area contributed by atoms with Crippen molar-refractivity contribution in [3.05, 3.63) is 48.0 Å². The van der Waals surface area contributed by atoms with Crippen LogP contribution < -0.4 is 10.1 Å². The number of rotatable bonds is 4. The fourth-order valence-electron chi connectivity index (χ4n) is 1.59. The van der Waals surface area contributed by atoms with E-state index in [-0.39, 0.29) is 5.82 Å². The molecule has 0 unspecified atom stereocenters. The molecule has 0 spiro atoms. The lowest BCUT2D eigenvalue weighted by atomic mass is 10.2. The molecular weight excluding hydrogens is 231 g/mol. The average molecular weight is 246 g/mol. The number of hydrogen-bond donors (Lipinski definition) is 1. The summed E-state index contributed by atoms with van der Waals surface area (Å²) in [5.74, 6) is 0.777. The zero-order valence-corrected chi connectivity index (χ0v) is 10.4. The lowest BCUT2D eigenvalue weighted by Gasteiger charge is -2.10. The molecule has 1 heterocycles. The second-order valence-corrected chi connectivity index (χ2v) is 3.95. The zero-order valence-electron chi connectivity index (χ0n) is 10.4. The van der Waals surface area contributed by atoms with E-state index in [0.717, 1.165) is 17.8 Å². The van der Waals surface area contributed by atoms with Gasteiger partial charge in [0.25, 0.3) is 0 Å². The highest BCUT2D eigenvalue weighted by molar-refractivity contribution is 5.46. The standard InChI is InChI=1S/C14H15FN2O/c1-3-17-12-7-13(9-16-8-12)18-14-6-11(15)5-4-10(14)2/h4-9,17H,3H2,1-2H3. The van der Waals surface area contributed by atoms with E-state index >= 15 is 0 Å². The molecule has 0 radical (unpaired) electrons. The summed E-state index contributed by atoms with van der Waals surface area (Å²) in [6.45, 7) is 4.69. The Morgan fingerprint density at radius 3 is 2.89 bits per heavy atom. The molecule has 0 amide bonds. The Bertz CT molecular complexity index is 543. The Morgan fingerprint density at radius 2 is 2.11 bits per heavy atom. The molecule has 0 aliphatic carbocycles. The number of ether oxygens (including phenoxy) is 1. The number of pyridine rings is 1. The molecule has 0 aliphatic heterocycles. The normalized spacial score (nSPS) is 10.2. The minimum absolute atomic E-state index is 0.314. The van der Waals surface area contributed by atoms with E-state index in [2.05, 4.69) is 10.3 Å². The van der Waals surface area contributed by atoms with Gasteiger partial charge >= 0.3 is 0 Å². The molecule has 4 heteroatoms. The van der Waals surface area contributed by atoms with Gasteiger partial charge in [-0.3, -0.25) is 4.98 Å². The van der Waals surface area contributed by atoms with Gasteiger partial charge in [-0.2, -0.15) is 0 Å². The van der Waals surface area contributed by atoms with Gasteiger partial charge in [-0.15, -0.1) is 0 Å². The van der Waals surface area contributed by atoms with Crippen molar-refractivity contribution >= 4 is 5.69 Å². The van der Waals surface area contributed by atoms with E-state index in [1.807, 2.05) is 19.9 Å². The summed E-state index contributed by atoms with van der Waals surface area (Å²) in [6.07, 6.45) is 3.32. The lowest BCUT2D eigenvalue weighted by Crippen LogP contribution is -1.97. The summed E-state index contributed by atoms with van der Waals surface area (Å²) in [6, 6.07) is 6.30. The van der Waals surface area contributed by atoms with Gasteiger partial charge < -0.3 is 10.1 Å². The van der Waals surface area contributed by atoms with E-state index < -0.39 is 0 Å². The molecule has 1 N–H and O–H groups in total. The molecule has 0 aliphatic rings. The summed E-state index contributed by atoms with van der Waals surface area (Å²) in [5, 5.41) is 3.14. The maximum Gasteiger partial charge on any atom is 0.147 e. The second-order valence-electron chi connectivity index (χ2n) is 3.95. The largest absolute Gasteiger partial charge is 0.455 e. The van der Waals surface area contributed by atoms with Crippen molar-refractivity contribution in [1.82, 2.24) is 4.98 Å². The van der Waals surface area contributed by atoms with Crippen LogP contribution in [0, 0.1) is 12.7 Å². The van der Waals surface area contributed by atoms with Gasteiger partial charge in [0.2, 0.25) is 0 Å². The first-order valence-corrected chi connectivity index (χ1v) is 5.82. The Balaban J connectivity index is 2.22. The Kier molecular flexibility index (Phi) is 3.77. The fraction of sp³-hybridized carbons (Fsp3) is 0.214. The van der Waals surface area contributed by atoms with Crippen molar-refractivity contribution in [1.29, 1.82) is 0 Å². The molecule has 94 valence electrons. The SMILES string of the molecule is CCNc1cncc(Oc2cc(F)ccc2C)c1. The van der Waals surface area contributed by atoms with E-state index in [1.165, 1.54) is 12.1 Å². The van der Waals surface area contributed by atoms with Crippen LogP contribution in [0.2, 0.25) is 0 Å². The Hall–Kier alpha value is -2.10. The monoisotopic (exact) mass is 246 g/mol. The number of nitrogens with one attached hydrogen (secondary N) is 1. The van der Waals surface area contributed by atoms with Crippen LogP contribution in [0.4, 0.5) is 10.1 Å². The number of aryl methyl sites for hydroxylation is 1. The lowest BCUT2D eigenvalue weighted by molar-refractivity contribution is 0.471. The van der Waals surface area contributed by atoms with E-state index in [1.54, 1.807) is 18.5 Å². The second kappa shape index (κ2) is 5.49. The van der Waals surface area contributed by atoms with Crippen molar-refractivity contribution in [3.8, 4) is 11.5 Å². The highest BCUT2D eigenvalue weighted by Gasteiger charge is 2.04. The van der Waals surface area contributed by atoms with Crippen LogP contribution >= 0.6 is 0 Å². The van der Waals surface area contributed by atoms with Crippen LogP contribution in [-0.4, -0.2) is 11.5 Å². The van der Waals surface area contributed by atoms with Gasteiger partial charge in [0.1, 0.15) is 17.3 Å². The number of nitrogens with zero attached hydrogens (tertiary/aromatic N) is 1. The molecule has 1 aromatic carbocycles. The third kappa shape index (κ3) is 2.97. The van der Waals surface area contributed by atoms with Crippen molar-refractivity contribution in [2.45, 2.75) is 13.8 Å². The van der Waals surface area contributed by atoms with Gasteiger partial charge in [0, 0.05) is 18.7 Å². The quantitative estimate of drug-likeness (QED) is 0.892. The molecule has 0 saturated heterocycles. The summed E-state index contributed by atoms with van der Waals surface area (Å²) in [4.78, 5) is 4.07. The highest BCUT2D eigenvalue weighted by Crippen LogP contribution is 2.26. The van der Waals surface area contributed by atoms with E-state index in [4.69, 9.17) is 4.74 Å². The molecule has 3 nitrogen and oxygen atoms in total. The summed E-state index contributed by atoms with van der Waals surface area (Å²) < 4.78 is 18.8. The van der Waals surface area contributed by atoms with Crippen molar-refractivity contribution in [2.75, 3.05) is 11.9 Å². The van der Waals surface area contributed by atoms with Crippen LogP contribution in [0.5, 0.6) is 11.5 Å². The molecule has 1 aromatic heterocycles. The first-order valence-electron chi connectivity index (χ1n) is 5.82. The number of anilines is 1. The minimum atomic E-state index is -0.314. The van der Waals surface area contributed by atoms with E-state index in [9.17, 15) is 4.39 Å². The average Bonchev–Trinajstić information content (AvgIpc) is 2.35. The van der Waals surface area contributed by atoms with Crippen LogP contribution in [0.3, 0.4) is 0 Å². The Labute approximate surface area is 106 Å². The summed E-state index contributed by atoms with van der Waals surface area (Å²) in [7, 11) is 0. The molecular formula is C14H15FN2O. The van der Waals surface area contributed by atoms with Crippen molar-refractivity contribution < 1.29 is 9.13 Å². The molecule has 0 atom stereocenters. The molecule has 0 fully saturated rings. The fourth-order valence-corrected chi connectivity index (χ4v) is 1.59. The van der Waals surface area contributed by atoms with Gasteiger partial charge in [-0.25, -0.2) is 4.39 Å². The van der Waals surface area contributed by atoms with Crippen LogP contribution in [-0.2, 0) is 0 Å². The smallest absolute Gasteiger partial charge is 0.147 e. The zero-order chi connectivity index (χ0) is 13.0. The number of benzene rings is 1. The molecule has 18 heavy (non-hydrogen) atoms. The molecule has 2 rings (SSSR count). The van der Waals surface area contributed by atoms with Gasteiger partial charge in [0.05, 0.1) is 18.1 Å². The topological polar surface area (TPSA) is 34.2 Å². The minimum Gasteiger partial charge on any atom is -0.455 e. The van der Waals surface area contributed by atoms with Gasteiger partial charge in [-0.1, -0.05) is 6.07 Å². The Morgan fingerprint density at radius 1 is 1.28 bits per heavy atom. The first kappa shape index (κ1) is 12.4. The number of halogens is 1. The van der Waals surface area contributed by atoms with Crippen molar-refractivity contribution in [2.24, 2.45) is 0 Å². The van der Waals surface area contributed by atoms with Crippen molar-refractivity contribution in [3.63, 3.8) is 0 Å². The third-order valence-corrected chi connectivity index (χ3v) is 2.47. The summed E-state index contributed by atoms with van der Waals surface area (Å²) in [5.41, 5.74) is 1.76. The third-order valence-electron chi connectivity index (χ3n) is 2.47.